The zero-order chi connectivity index (χ0) is 50.0. The molecule has 0 rings (SSSR count). The van der Waals surface area contributed by atoms with E-state index in [-0.39, 0.29) is 37.5 Å². The molecule has 6 heteroatoms. The molecule has 1 atom stereocenters. The lowest BCUT2D eigenvalue weighted by Crippen LogP contribution is -2.30. The third kappa shape index (κ3) is 55.1. The molecule has 6 nitrogen and oxygen atoms in total. The van der Waals surface area contributed by atoms with E-state index in [1.807, 2.05) is 0 Å². The van der Waals surface area contributed by atoms with Gasteiger partial charge in [-0.3, -0.25) is 14.4 Å². The van der Waals surface area contributed by atoms with Gasteiger partial charge in [-0.15, -0.1) is 0 Å². The van der Waals surface area contributed by atoms with Crippen molar-refractivity contribution in [2.45, 2.75) is 271 Å². The summed E-state index contributed by atoms with van der Waals surface area (Å²) in [5.74, 6) is -0.976. The minimum absolute atomic E-state index is 0.104. The Hall–Kier alpha value is -3.67. The van der Waals surface area contributed by atoms with Crippen LogP contribution in [0.25, 0.3) is 0 Å². The van der Waals surface area contributed by atoms with Gasteiger partial charge in [0.2, 0.25) is 0 Å². The van der Waals surface area contributed by atoms with E-state index in [2.05, 4.69) is 118 Å². The smallest absolute Gasteiger partial charge is 0.306 e. The molecule has 0 N–H and O–H groups in total. The van der Waals surface area contributed by atoms with E-state index in [4.69, 9.17) is 14.2 Å². The summed E-state index contributed by atoms with van der Waals surface area (Å²) in [4.78, 5) is 38.1. The maximum absolute atomic E-state index is 12.8. The van der Waals surface area contributed by atoms with Crippen LogP contribution in [0.15, 0.2) is 97.2 Å². The standard InChI is InChI=1S/C63H106O6/c1-4-7-10-13-16-19-22-25-28-30-31-33-35-38-41-44-47-50-53-56-62(65)68-59-60(58-67-61(64)55-52-49-46-43-40-37-34-27-24-21-18-15-12-9-6-3)69-63(66)57-54-51-48-45-42-39-36-32-29-26-23-20-17-14-11-8-5-2/h8-9,11-12,17-18,20-21,26-27,29,34,36,39,45,48,60H,4-7,10,13-16,19,22-25,28,30-33,35,37-38,40-44,46-47,49-59H2,1-3H3/b11-8+,12-9+,20-17+,21-18+,29-26+,34-27+,39-36+,48-45+/t60-/m1/s1. The van der Waals surface area contributed by atoms with E-state index in [1.165, 1.54) is 103 Å². The Labute approximate surface area is 426 Å². The molecule has 0 aromatic carbocycles. The Morgan fingerprint density at radius 1 is 0.304 bits per heavy atom. The van der Waals surface area contributed by atoms with Crippen molar-refractivity contribution in [3.05, 3.63) is 97.2 Å². The van der Waals surface area contributed by atoms with Gasteiger partial charge in [0.1, 0.15) is 13.2 Å². The second kappa shape index (κ2) is 56.9. The van der Waals surface area contributed by atoms with Crippen LogP contribution in [-0.2, 0) is 28.6 Å². The van der Waals surface area contributed by atoms with E-state index in [1.54, 1.807) is 0 Å². The van der Waals surface area contributed by atoms with Crippen molar-refractivity contribution in [2.75, 3.05) is 13.2 Å². The molecule has 0 spiro atoms. The fourth-order valence-electron chi connectivity index (χ4n) is 7.85. The molecule has 0 amide bonds. The molecule has 394 valence electrons. The monoisotopic (exact) mass is 959 g/mol. The van der Waals surface area contributed by atoms with Crippen molar-refractivity contribution >= 4 is 17.9 Å². The predicted octanol–water partition coefficient (Wildman–Crippen LogP) is 19.3. The van der Waals surface area contributed by atoms with Crippen LogP contribution in [0.5, 0.6) is 0 Å². The van der Waals surface area contributed by atoms with Crippen LogP contribution in [0.1, 0.15) is 265 Å². The van der Waals surface area contributed by atoms with Gasteiger partial charge < -0.3 is 14.2 Å². The Morgan fingerprint density at radius 2 is 0.580 bits per heavy atom. The van der Waals surface area contributed by atoms with Crippen molar-refractivity contribution in [1.29, 1.82) is 0 Å². The summed E-state index contributed by atoms with van der Waals surface area (Å²) >= 11 is 0. The number of carbonyl (C=O) groups is 3. The van der Waals surface area contributed by atoms with Crippen molar-refractivity contribution in [1.82, 2.24) is 0 Å². The Kier molecular flexibility index (Phi) is 53.9. The Morgan fingerprint density at radius 3 is 0.928 bits per heavy atom. The van der Waals surface area contributed by atoms with Crippen molar-refractivity contribution in [3.63, 3.8) is 0 Å². The van der Waals surface area contributed by atoms with Crippen molar-refractivity contribution in [2.24, 2.45) is 0 Å². The molecule has 0 bridgehead atoms. The first-order chi connectivity index (χ1) is 34.0. The molecular weight excluding hydrogens is 853 g/mol. The highest BCUT2D eigenvalue weighted by molar-refractivity contribution is 5.71. The van der Waals surface area contributed by atoms with Gasteiger partial charge in [0, 0.05) is 19.3 Å². The van der Waals surface area contributed by atoms with Gasteiger partial charge in [0.05, 0.1) is 0 Å². The molecule has 69 heavy (non-hydrogen) atoms. The highest BCUT2D eigenvalue weighted by Gasteiger charge is 2.19. The Bertz CT molecular complexity index is 1380. The van der Waals surface area contributed by atoms with Gasteiger partial charge >= 0.3 is 17.9 Å². The van der Waals surface area contributed by atoms with E-state index in [0.717, 1.165) is 116 Å². The van der Waals surface area contributed by atoms with Gasteiger partial charge in [-0.1, -0.05) is 253 Å². The summed E-state index contributed by atoms with van der Waals surface area (Å²) < 4.78 is 16.8. The third-order valence-corrected chi connectivity index (χ3v) is 12.1. The molecular formula is C63H106O6. The maximum Gasteiger partial charge on any atom is 0.306 e. The second-order valence-corrected chi connectivity index (χ2v) is 18.8. The van der Waals surface area contributed by atoms with Crippen LogP contribution in [0.4, 0.5) is 0 Å². The molecule has 0 unspecified atom stereocenters. The lowest BCUT2D eigenvalue weighted by Gasteiger charge is -2.18. The SMILES string of the molecule is CC/C=C/C/C=C/C/C=C/C/C=C/C/C=C/CCCC(=O)O[C@H](COC(=O)CCCCCCC/C=C/C/C=C/C/C=C/CC)COC(=O)CCCCCCCCCCCCCCCCCCCCC. The molecule has 0 aliphatic carbocycles. The van der Waals surface area contributed by atoms with Crippen molar-refractivity contribution in [3.8, 4) is 0 Å². The molecule has 0 aromatic heterocycles. The molecule has 0 heterocycles. The zero-order valence-electron chi connectivity index (χ0n) is 45.0. The van der Waals surface area contributed by atoms with E-state index in [0.29, 0.717) is 19.3 Å². The number of esters is 3. The van der Waals surface area contributed by atoms with Crippen LogP contribution in [0.2, 0.25) is 0 Å². The summed E-state index contributed by atoms with van der Waals surface area (Å²) in [6, 6.07) is 0. The summed E-state index contributed by atoms with van der Waals surface area (Å²) in [5.41, 5.74) is 0. The molecule has 0 fully saturated rings. The molecule has 0 aliphatic rings. The van der Waals surface area contributed by atoms with Crippen LogP contribution in [0.3, 0.4) is 0 Å². The van der Waals surface area contributed by atoms with Crippen LogP contribution >= 0.6 is 0 Å². The van der Waals surface area contributed by atoms with E-state index >= 15 is 0 Å². The molecule has 0 saturated carbocycles. The fourth-order valence-corrected chi connectivity index (χ4v) is 7.85. The summed E-state index contributed by atoms with van der Waals surface area (Å²) in [6.45, 7) is 6.37. The summed E-state index contributed by atoms with van der Waals surface area (Å²) in [5, 5.41) is 0. The summed E-state index contributed by atoms with van der Waals surface area (Å²) in [7, 11) is 0. The lowest BCUT2D eigenvalue weighted by atomic mass is 10.0. The molecule has 0 aromatic rings. The van der Waals surface area contributed by atoms with E-state index < -0.39 is 6.10 Å². The van der Waals surface area contributed by atoms with Gasteiger partial charge in [-0.05, 0) is 89.9 Å². The van der Waals surface area contributed by atoms with Gasteiger partial charge in [-0.2, -0.15) is 0 Å². The normalized spacial score (nSPS) is 12.8. The number of ether oxygens (including phenoxy) is 3. The van der Waals surface area contributed by atoms with Gasteiger partial charge in [0.25, 0.3) is 0 Å². The van der Waals surface area contributed by atoms with Crippen molar-refractivity contribution < 1.29 is 28.6 Å². The molecule has 0 saturated heterocycles. The molecule has 0 radical (unpaired) electrons. The van der Waals surface area contributed by atoms with Gasteiger partial charge in [-0.25, -0.2) is 0 Å². The van der Waals surface area contributed by atoms with Crippen LogP contribution < -0.4 is 0 Å². The highest BCUT2D eigenvalue weighted by atomic mass is 16.6. The maximum atomic E-state index is 12.8. The van der Waals surface area contributed by atoms with E-state index in [9.17, 15) is 14.4 Å². The van der Waals surface area contributed by atoms with Gasteiger partial charge in [0.15, 0.2) is 6.10 Å². The topological polar surface area (TPSA) is 78.9 Å². The number of carbonyl (C=O) groups excluding carboxylic acids is 3. The minimum atomic E-state index is -0.814. The first-order valence-electron chi connectivity index (χ1n) is 28.7. The number of rotatable bonds is 51. The number of allylic oxidation sites excluding steroid dienone is 16. The first-order valence-corrected chi connectivity index (χ1v) is 28.7. The average Bonchev–Trinajstić information content (AvgIpc) is 3.35. The number of unbranched alkanes of at least 4 members (excludes halogenated alkanes) is 24. The highest BCUT2D eigenvalue weighted by Crippen LogP contribution is 2.16. The second-order valence-electron chi connectivity index (χ2n) is 18.8. The minimum Gasteiger partial charge on any atom is -0.462 e. The first kappa shape index (κ1) is 65.3. The largest absolute Gasteiger partial charge is 0.462 e. The predicted molar refractivity (Wildman–Crippen MR) is 297 cm³/mol. The fraction of sp³-hybridized carbons (Fsp3) is 0.698. The zero-order valence-corrected chi connectivity index (χ0v) is 45.0. The lowest BCUT2D eigenvalue weighted by molar-refractivity contribution is -0.167. The average molecular weight is 960 g/mol. The molecule has 0 aliphatic heterocycles. The Balaban J connectivity index is 4.46. The quantitative estimate of drug-likeness (QED) is 0.0262. The van der Waals surface area contributed by atoms with Crippen LogP contribution in [-0.4, -0.2) is 37.2 Å². The third-order valence-electron chi connectivity index (χ3n) is 12.1. The number of hydrogen-bond acceptors (Lipinski definition) is 6. The van der Waals surface area contributed by atoms with Crippen LogP contribution in [0, 0.1) is 0 Å². The number of hydrogen-bond donors (Lipinski definition) is 0. The summed E-state index contributed by atoms with van der Waals surface area (Å²) in [6.07, 6.45) is 75.5.